The number of methoxy groups -OCH3 is 1. The molecular weight excluding hydrogens is 248 g/mol. The van der Waals surface area contributed by atoms with Crippen molar-refractivity contribution in [1.82, 2.24) is 5.43 Å². The van der Waals surface area contributed by atoms with E-state index in [4.69, 9.17) is 10.6 Å². The summed E-state index contributed by atoms with van der Waals surface area (Å²) in [5.74, 6) is 7.42. The van der Waals surface area contributed by atoms with Gasteiger partial charge in [-0.3, -0.25) is 11.3 Å². The van der Waals surface area contributed by atoms with Crippen molar-refractivity contribution in [3.05, 3.63) is 29.8 Å². The van der Waals surface area contributed by atoms with Gasteiger partial charge >= 0.3 is 0 Å². The van der Waals surface area contributed by atoms with Crippen molar-refractivity contribution in [2.24, 2.45) is 11.8 Å². The number of hydrazine groups is 1. The molecule has 2 atom stereocenters. The van der Waals surface area contributed by atoms with Gasteiger partial charge in [0.15, 0.2) is 0 Å². The van der Waals surface area contributed by atoms with Crippen molar-refractivity contribution in [2.75, 3.05) is 7.11 Å². The second-order valence-electron chi connectivity index (χ2n) is 5.57. The molecule has 0 spiro atoms. The second kappa shape index (κ2) is 9.78. The Kier molecular flexibility index (Phi) is 8.31. The Balaban J connectivity index is 2.56. The molecule has 0 heterocycles. The van der Waals surface area contributed by atoms with Gasteiger partial charge in [0.05, 0.1) is 7.11 Å². The normalized spacial score (nSPS) is 14.0. The van der Waals surface area contributed by atoms with Crippen LogP contribution in [0.4, 0.5) is 0 Å². The fourth-order valence-corrected chi connectivity index (χ4v) is 2.68. The number of hydrogen-bond acceptors (Lipinski definition) is 3. The number of hydrogen-bond donors (Lipinski definition) is 2. The van der Waals surface area contributed by atoms with Crippen LogP contribution in [0.25, 0.3) is 0 Å². The van der Waals surface area contributed by atoms with Gasteiger partial charge in [-0.25, -0.2) is 0 Å². The van der Waals surface area contributed by atoms with Crippen molar-refractivity contribution >= 4 is 0 Å². The summed E-state index contributed by atoms with van der Waals surface area (Å²) in [6.07, 6.45) is 7.22. The Morgan fingerprint density at radius 2 is 2.10 bits per heavy atom. The lowest BCUT2D eigenvalue weighted by molar-refractivity contribution is 0.349. The van der Waals surface area contributed by atoms with Crippen LogP contribution in [0.2, 0.25) is 0 Å². The zero-order valence-electron chi connectivity index (χ0n) is 13.2. The van der Waals surface area contributed by atoms with Gasteiger partial charge in [0.1, 0.15) is 5.75 Å². The predicted molar refractivity (Wildman–Crippen MR) is 85.7 cm³/mol. The first-order valence-corrected chi connectivity index (χ1v) is 7.82. The molecule has 0 saturated carbocycles. The number of nitrogens with one attached hydrogen (secondary N) is 1. The minimum atomic E-state index is 0.337. The molecule has 20 heavy (non-hydrogen) atoms. The molecule has 3 N–H and O–H groups in total. The van der Waals surface area contributed by atoms with Crippen LogP contribution in [0.3, 0.4) is 0 Å². The Bertz CT molecular complexity index is 368. The van der Waals surface area contributed by atoms with Crippen LogP contribution in [0.1, 0.15) is 51.5 Å². The van der Waals surface area contributed by atoms with Gasteiger partial charge in [-0.05, 0) is 36.5 Å². The van der Waals surface area contributed by atoms with E-state index in [1.54, 1.807) is 7.11 Å². The van der Waals surface area contributed by atoms with Crippen molar-refractivity contribution in [3.8, 4) is 5.75 Å². The molecule has 0 aliphatic carbocycles. The summed E-state index contributed by atoms with van der Waals surface area (Å²) in [6.45, 7) is 4.53. The van der Waals surface area contributed by atoms with Gasteiger partial charge < -0.3 is 4.74 Å². The molecule has 2 unspecified atom stereocenters. The van der Waals surface area contributed by atoms with E-state index in [2.05, 4.69) is 31.4 Å². The molecule has 0 aliphatic heterocycles. The summed E-state index contributed by atoms with van der Waals surface area (Å²) < 4.78 is 5.27. The maximum Gasteiger partial charge on any atom is 0.119 e. The van der Waals surface area contributed by atoms with Crippen LogP contribution < -0.4 is 16.0 Å². The molecule has 1 rings (SSSR count). The number of benzene rings is 1. The Hall–Kier alpha value is -1.06. The molecule has 114 valence electrons. The molecule has 0 aromatic heterocycles. The molecule has 0 fully saturated rings. The highest BCUT2D eigenvalue weighted by molar-refractivity contribution is 5.28. The van der Waals surface area contributed by atoms with Gasteiger partial charge in [0.2, 0.25) is 0 Å². The van der Waals surface area contributed by atoms with Gasteiger partial charge in [-0.1, -0.05) is 51.7 Å². The Labute approximate surface area is 123 Å². The van der Waals surface area contributed by atoms with Gasteiger partial charge in [0, 0.05) is 6.04 Å². The first-order valence-electron chi connectivity index (χ1n) is 7.82. The molecular formula is C17H30N2O. The summed E-state index contributed by atoms with van der Waals surface area (Å²) >= 11 is 0. The fraction of sp³-hybridized carbons (Fsp3) is 0.647. The second-order valence-corrected chi connectivity index (χ2v) is 5.57. The largest absolute Gasteiger partial charge is 0.497 e. The van der Waals surface area contributed by atoms with Gasteiger partial charge in [-0.2, -0.15) is 0 Å². The number of nitrogens with two attached hydrogens (primary N) is 1. The molecule has 3 nitrogen and oxygen atoms in total. The molecule has 0 radical (unpaired) electrons. The minimum absolute atomic E-state index is 0.337. The summed E-state index contributed by atoms with van der Waals surface area (Å²) in [7, 11) is 1.70. The topological polar surface area (TPSA) is 47.3 Å². The smallest absolute Gasteiger partial charge is 0.119 e. The van der Waals surface area contributed by atoms with Crippen LogP contribution in [-0.2, 0) is 6.42 Å². The summed E-state index contributed by atoms with van der Waals surface area (Å²) in [6, 6.07) is 8.58. The monoisotopic (exact) mass is 278 g/mol. The molecule has 1 aromatic carbocycles. The van der Waals surface area contributed by atoms with Crippen molar-refractivity contribution in [2.45, 2.75) is 58.4 Å². The molecule has 3 heteroatoms. The molecule has 0 aliphatic rings. The number of unbranched alkanes of at least 4 members (excludes halogenated alkanes) is 1. The average molecular weight is 278 g/mol. The van der Waals surface area contributed by atoms with E-state index in [0.29, 0.717) is 6.04 Å². The highest BCUT2D eigenvalue weighted by Gasteiger charge is 2.14. The lowest BCUT2D eigenvalue weighted by atomic mass is 9.90. The zero-order chi connectivity index (χ0) is 14.8. The van der Waals surface area contributed by atoms with Crippen LogP contribution in [0, 0.1) is 5.92 Å². The van der Waals surface area contributed by atoms with Crippen LogP contribution >= 0.6 is 0 Å². The maximum absolute atomic E-state index is 5.74. The average Bonchev–Trinajstić information content (AvgIpc) is 2.50. The lowest BCUT2D eigenvalue weighted by Crippen LogP contribution is -2.38. The SMILES string of the molecule is CCCCC(CC)CC(Cc1cccc(OC)c1)NN. The third-order valence-corrected chi connectivity index (χ3v) is 4.01. The van der Waals surface area contributed by atoms with Crippen molar-refractivity contribution in [1.29, 1.82) is 0 Å². The fourth-order valence-electron chi connectivity index (χ4n) is 2.68. The highest BCUT2D eigenvalue weighted by Crippen LogP contribution is 2.21. The molecule has 1 aromatic rings. The van der Waals surface area contributed by atoms with Crippen LogP contribution in [0.15, 0.2) is 24.3 Å². The molecule has 0 bridgehead atoms. The van der Waals surface area contributed by atoms with Crippen molar-refractivity contribution in [3.63, 3.8) is 0 Å². The predicted octanol–water partition coefficient (Wildman–Crippen LogP) is 3.68. The first kappa shape index (κ1) is 17.0. The van der Waals surface area contributed by atoms with E-state index >= 15 is 0 Å². The van der Waals surface area contributed by atoms with Crippen LogP contribution in [-0.4, -0.2) is 13.2 Å². The Morgan fingerprint density at radius 3 is 2.70 bits per heavy atom. The number of ether oxygens (including phenoxy) is 1. The van der Waals surface area contributed by atoms with Crippen LogP contribution in [0.5, 0.6) is 5.75 Å². The zero-order valence-corrected chi connectivity index (χ0v) is 13.2. The summed E-state index contributed by atoms with van der Waals surface area (Å²) in [5.41, 5.74) is 4.26. The van der Waals surface area contributed by atoms with E-state index in [9.17, 15) is 0 Å². The van der Waals surface area contributed by atoms with E-state index in [1.807, 2.05) is 12.1 Å². The minimum Gasteiger partial charge on any atom is -0.497 e. The van der Waals surface area contributed by atoms with Crippen molar-refractivity contribution < 1.29 is 4.74 Å². The van der Waals surface area contributed by atoms with Gasteiger partial charge in [-0.15, -0.1) is 0 Å². The third-order valence-electron chi connectivity index (χ3n) is 4.01. The maximum atomic E-state index is 5.74. The standard InChI is InChI=1S/C17H30N2O/c1-4-6-8-14(5-2)11-16(19-18)12-15-9-7-10-17(13-15)20-3/h7,9-10,13-14,16,19H,4-6,8,11-12,18H2,1-3H3. The van der Waals surface area contributed by atoms with E-state index in [1.165, 1.54) is 31.2 Å². The Morgan fingerprint density at radius 1 is 1.30 bits per heavy atom. The summed E-state index contributed by atoms with van der Waals surface area (Å²) in [4.78, 5) is 0. The van der Waals surface area contributed by atoms with Gasteiger partial charge in [0.25, 0.3) is 0 Å². The van der Waals surface area contributed by atoms with E-state index < -0.39 is 0 Å². The van der Waals surface area contributed by atoms with E-state index in [0.717, 1.165) is 24.5 Å². The molecule has 0 saturated heterocycles. The quantitative estimate of drug-likeness (QED) is 0.507. The first-order chi connectivity index (χ1) is 9.73. The van der Waals surface area contributed by atoms with E-state index in [-0.39, 0.29) is 0 Å². The summed E-state index contributed by atoms with van der Waals surface area (Å²) in [5, 5.41) is 0. The third kappa shape index (κ3) is 5.93. The lowest BCUT2D eigenvalue weighted by Gasteiger charge is -2.22. The highest BCUT2D eigenvalue weighted by atomic mass is 16.5. The molecule has 0 amide bonds. The number of rotatable bonds is 10.